The fraction of sp³-hybridized carbons (Fsp3) is 0.611. The molecule has 2 unspecified atom stereocenters. The first-order chi connectivity index (χ1) is 10.2. The van der Waals surface area contributed by atoms with E-state index in [0.29, 0.717) is 12.1 Å². The Morgan fingerprint density at radius 3 is 2.71 bits per heavy atom. The van der Waals surface area contributed by atoms with Crippen LogP contribution in [0, 0.1) is 0 Å². The molecule has 1 aromatic rings. The first kappa shape index (κ1) is 14.6. The molecule has 0 bridgehead atoms. The second-order valence-electron chi connectivity index (χ2n) is 6.52. The fourth-order valence-corrected chi connectivity index (χ4v) is 3.70. The number of hydrogen-bond donors (Lipinski definition) is 2. The lowest BCUT2D eigenvalue weighted by Gasteiger charge is -2.29. The van der Waals surface area contributed by atoms with Gasteiger partial charge in [-0.05, 0) is 50.2 Å². The van der Waals surface area contributed by atoms with Crippen molar-refractivity contribution in [3.05, 3.63) is 35.4 Å². The minimum absolute atomic E-state index is 0.123. The van der Waals surface area contributed by atoms with Gasteiger partial charge >= 0.3 is 0 Å². The summed E-state index contributed by atoms with van der Waals surface area (Å²) in [6.07, 6.45) is 8.28. The average molecular weight is 286 g/mol. The van der Waals surface area contributed by atoms with Crippen LogP contribution in [0.5, 0.6) is 0 Å². The van der Waals surface area contributed by atoms with E-state index in [4.69, 9.17) is 0 Å². The average Bonchev–Trinajstić information content (AvgIpc) is 3.00. The summed E-state index contributed by atoms with van der Waals surface area (Å²) >= 11 is 0. The van der Waals surface area contributed by atoms with Crippen LogP contribution in [0.4, 0.5) is 0 Å². The zero-order valence-electron chi connectivity index (χ0n) is 12.9. The summed E-state index contributed by atoms with van der Waals surface area (Å²) in [5.41, 5.74) is 2.81. The van der Waals surface area contributed by atoms with Crippen LogP contribution in [0.1, 0.15) is 62.6 Å². The summed E-state index contributed by atoms with van der Waals surface area (Å²) in [5.74, 6) is 0.157. The van der Waals surface area contributed by atoms with Gasteiger partial charge in [0, 0.05) is 12.1 Å². The topological polar surface area (TPSA) is 41.1 Å². The summed E-state index contributed by atoms with van der Waals surface area (Å²) < 4.78 is 0. The Labute approximate surface area is 127 Å². The van der Waals surface area contributed by atoms with E-state index >= 15 is 0 Å². The first-order valence-corrected chi connectivity index (χ1v) is 8.38. The van der Waals surface area contributed by atoms with Gasteiger partial charge in [0.15, 0.2) is 0 Å². The van der Waals surface area contributed by atoms with Crippen LogP contribution in [0.15, 0.2) is 24.3 Å². The van der Waals surface area contributed by atoms with Gasteiger partial charge < -0.3 is 5.32 Å². The summed E-state index contributed by atoms with van der Waals surface area (Å²) in [7, 11) is 0. The van der Waals surface area contributed by atoms with E-state index in [2.05, 4.69) is 34.9 Å². The fourth-order valence-electron chi connectivity index (χ4n) is 3.70. The third-order valence-electron chi connectivity index (χ3n) is 4.92. The Kier molecular flexibility index (Phi) is 4.59. The molecule has 1 fully saturated rings. The van der Waals surface area contributed by atoms with Crippen molar-refractivity contribution < 1.29 is 4.79 Å². The van der Waals surface area contributed by atoms with E-state index < -0.39 is 0 Å². The molecule has 0 aliphatic heterocycles. The molecule has 1 amide bonds. The third kappa shape index (κ3) is 3.46. The van der Waals surface area contributed by atoms with E-state index in [1.54, 1.807) is 0 Å². The Balaban J connectivity index is 1.59. The molecule has 0 radical (unpaired) electrons. The molecule has 0 spiro atoms. The highest BCUT2D eigenvalue weighted by Crippen LogP contribution is 2.29. The maximum atomic E-state index is 12.3. The summed E-state index contributed by atoms with van der Waals surface area (Å²) in [6.45, 7) is 1.99. The van der Waals surface area contributed by atoms with Gasteiger partial charge in [-0.25, -0.2) is 0 Å². The van der Waals surface area contributed by atoms with Crippen molar-refractivity contribution in [2.75, 3.05) is 0 Å². The van der Waals surface area contributed by atoms with Crippen molar-refractivity contribution in [2.45, 2.75) is 70.0 Å². The van der Waals surface area contributed by atoms with E-state index in [0.717, 1.165) is 25.7 Å². The van der Waals surface area contributed by atoms with Gasteiger partial charge in [-0.1, -0.05) is 37.1 Å². The zero-order valence-corrected chi connectivity index (χ0v) is 12.9. The van der Waals surface area contributed by atoms with Gasteiger partial charge in [-0.3, -0.25) is 10.1 Å². The molecule has 1 saturated carbocycles. The smallest absolute Gasteiger partial charge is 0.237 e. The molecule has 2 aliphatic rings. The minimum atomic E-state index is -0.123. The van der Waals surface area contributed by atoms with Crippen LogP contribution in [-0.4, -0.2) is 18.0 Å². The van der Waals surface area contributed by atoms with Gasteiger partial charge in [-0.15, -0.1) is 0 Å². The molecular formula is C18H26N2O. The Hall–Kier alpha value is -1.35. The zero-order chi connectivity index (χ0) is 14.7. The van der Waals surface area contributed by atoms with Crippen molar-refractivity contribution in [3.8, 4) is 0 Å². The molecule has 0 heterocycles. The molecular weight excluding hydrogens is 260 g/mol. The van der Waals surface area contributed by atoms with Gasteiger partial charge in [0.25, 0.3) is 0 Å². The number of hydrogen-bond acceptors (Lipinski definition) is 2. The Morgan fingerprint density at radius 1 is 1.14 bits per heavy atom. The lowest BCUT2D eigenvalue weighted by atomic mass is 9.87. The molecule has 2 N–H and O–H groups in total. The summed E-state index contributed by atoms with van der Waals surface area (Å²) in [5, 5.41) is 6.73. The number of aryl methyl sites for hydroxylation is 1. The van der Waals surface area contributed by atoms with E-state index in [1.807, 2.05) is 6.92 Å². The van der Waals surface area contributed by atoms with Crippen LogP contribution >= 0.6 is 0 Å². The first-order valence-electron chi connectivity index (χ1n) is 8.38. The van der Waals surface area contributed by atoms with E-state index in [9.17, 15) is 4.79 Å². The van der Waals surface area contributed by atoms with Gasteiger partial charge in [-0.2, -0.15) is 0 Å². The molecule has 2 aliphatic carbocycles. The van der Waals surface area contributed by atoms with Crippen molar-refractivity contribution >= 4 is 5.91 Å². The molecule has 2 atom stereocenters. The third-order valence-corrected chi connectivity index (χ3v) is 4.92. The van der Waals surface area contributed by atoms with E-state index in [1.165, 1.54) is 30.4 Å². The second kappa shape index (κ2) is 6.61. The standard InChI is InChI=1S/C18H26N2O/c1-13(18(21)20-15-9-3-4-10-15)19-17-12-6-8-14-7-2-5-11-16(14)17/h2,5,7,11,13,15,17,19H,3-4,6,8-10,12H2,1H3,(H,20,21). The second-order valence-corrected chi connectivity index (χ2v) is 6.52. The van der Waals surface area contributed by atoms with Crippen LogP contribution in [0.3, 0.4) is 0 Å². The molecule has 1 aromatic carbocycles. The highest BCUT2D eigenvalue weighted by atomic mass is 16.2. The van der Waals surface area contributed by atoms with Gasteiger partial charge in [0.05, 0.1) is 6.04 Å². The molecule has 0 saturated heterocycles. The van der Waals surface area contributed by atoms with Crippen molar-refractivity contribution in [1.29, 1.82) is 0 Å². The lowest BCUT2D eigenvalue weighted by molar-refractivity contribution is -0.123. The number of rotatable bonds is 4. The Morgan fingerprint density at radius 2 is 1.90 bits per heavy atom. The predicted molar refractivity (Wildman–Crippen MR) is 85.1 cm³/mol. The maximum absolute atomic E-state index is 12.3. The van der Waals surface area contributed by atoms with Crippen molar-refractivity contribution in [1.82, 2.24) is 10.6 Å². The predicted octanol–water partition coefficient (Wildman–Crippen LogP) is 3.10. The lowest BCUT2D eigenvalue weighted by Crippen LogP contribution is -2.47. The van der Waals surface area contributed by atoms with Gasteiger partial charge in [0.2, 0.25) is 5.91 Å². The number of benzene rings is 1. The maximum Gasteiger partial charge on any atom is 0.237 e. The quantitative estimate of drug-likeness (QED) is 0.893. The Bertz CT molecular complexity index is 494. The van der Waals surface area contributed by atoms with Crippen LogP contribution < -0.4 is 10.6 Å². The number of carbonyl (C=O) groups is 1. The molecule has 0 aromatic heterocycles. The van der Waals surface area contributed by atoms with Crippen molar-refractivity contribution in [3.63, 3.8) is 0 Å². The van der Waals surface area contributed by atoms with Crippen LogP contribution in [0.25, 0.3) is 0 Å². The van der Waals surface area contributed by atoms with Crippen LogP contribution in [0.2, 0.25) is 0 Å². The molecule has 21 heavy (non-hydrogen) atoms. The SMILES string of the molecule is CC(NC1CCCc2ccccc21)C(=O)NC1CCCC1. The highest BCUT2D eigenvalue weighted by Gasteiger charge is 2.25. The minimum Gasteiger partial charge on any atom is -0.352 e. The van der Waals surface area contributed by atoms with Crippen molar-refractivity contribution in [2.24, 2.45) is 0 Å². The molecule has 114 valence electrons. The number of carbonyl (C=O) groups excluding carboxylic acids is 1. The normalized spacial score (nSPS) is 23.6. The largest absolute Gasteiger partial charge is 0.352 e. The molecule has 3 rings (SSSR count). The summed E-state index contributed by atoms with van der Waals surface area (Å²) in [4.78, 5) is 12.3. The number of fused-ring (bicyclic) bond motifs is 1. The number of amides is 1. The van der Waals surface area contributed by atoms with E-state index in [-0.39, 0.29) is 11.9 Å². The summed E-state index contributed by atoms with van der Waals surface area (Å²) in [6, 6.07) is 9.22. The number of nitrogens with one attached hydrogen (secondary N) is 2. The monoisotopic (exact) mass is 286 g/mol. The van der Waals surface area contributed by atoms with Crippen LogP contribution in [-0.2, 0) is 11.2 Å². The highest BCUT2D eigenvalue weighted by molar-refractivity contribution is 5.81. The molecule has 3 heteroatoms. The van der Waals surface area contributed by atoms with Gasteiger partial charge in [0.1, 0.15) is 0 Å². The molecule has 3 nitrogen and oxygen atoms in total.